The van der Waals surface area contributed by atoms with Crippen molar-refractivity contribution in [2.75, 3.05) is 19.4 Å². The summed E-state index contributed by atoms with van der Waals surface area (Å²) in [5, 5.41) is 8.77. The molecule has 0 aliphatic carbocycles. The molecule has 0 atom stereocenters. The molecular formula is C16H15F2N5O3S. The highest BCUT2D eigenvalue weighted by atomic mass is 32.2. The number of H-pyrrole nitrogens is 2. The first-order valence-corrected chi connectivity index (χ1v) is 9.06. The number of hydrogen-bond acceptors (Lipinski definition) is 4. The largest absolute Gasteiger partial charge is 0.356 e. The predicted molar refractivity (Wildman–Crippen MR) is 93.6 cm³/mol. The van der Waals surface area contributed by atoms with Crippen molar-refractivity contribution in [1.29, 1.82) is 0 Å². The highest BCUT2D eigenvalue weighted by Crippen LogP contribution is 2.24. The van der Waals surface area contributed by atoms with Gasteiger partial charge in [-0.05, 0) is 18.2 Å². The van der Waals surface area contributed by atoms with E-state index in [0.29, 0.717) is 0 Å². The monoisotopic (exact) mass is 395 g/mol. The van der Waals surface area contributed by atoms with Crippen LogP contribution in [0.1, 0.15) is 10.5 Å². The van der Waals surface area contributed by atoms with Gasteiger partial charge in [0.2, 0.25) is 10.0 Å². The number of rotatable bonds is 5. The first kappa shape index (κ1) is 18.7. The van der Waals surface area contributed by atoms with Gasteiger partial charge in [0.1, 0.15) is 10.6 Å². The molecule has 0 fully saturated rings. The van der Waals surface area contributed by atoms with Gasteiger partial charge in [-0.25, -0.2) is 21.5 Å². The van der Waals surface area contributed by atoms with E-state index in [-0.39, 0.29) is 27.7 Å². The summed E-state index contributed by atoms with van der Waals surface area (Å²) in [4.78, 5) is 14.8. The van der Waals surface area contributed by atoms with E-state index in [1.165, 1.54) is 44.6 Å². The fourth-order valence-corrected chi connectivity index (χ4v) is 3.18. The molecule has 1 aromatic carbocycles. The summed E-state index contributed by atoms with van der Waals surface area (Å²) < 4.78 is 52.2. The Morgan fingerprint density at radius 3 is 2.67 bits per heavy atom. The van der Waals surface area contributed by atoms with E-state index in [9.17, 15) is 22.0 Å². The Morgan fingerprint density at radius 2 is 1.96 bits per heavy atom. The predicted octanol–water partition coefficient (Wildman–Crippen LogP) is 2.19. The van der Waals surface area contributed by atoms with Crippen molar-refractivity contribution in [1.82, 2.24) is 19.5 Å². The molecule has 27 heavy (non-hydrogen) atoms. The minimum absolute atomic E-state index is 0.00286. The zero-order valence-corrected chi connectivity index (χ0v) is 15.1. The van der Waals surface area contributed by atoms with E-state index < -0.39 is 27.6 Å². The number of anilines is 1. The van der Waals surface area contributed by atoms with Gasteiger partial charge in [0, 0.05) is 31.9 Å². The molecule has 1 amide bonds. The second-order valence-electron chi connectivity index (χ2n) is 5.76. The molecule has 0 bridgehead atoms. The number of nitrogens with one attached hydrogen (secondary N) is 3. The minimum atomic E-state index is -3.68. The fourth-order valence-electron chi connectivity index (χ4n) is 2.28. The number of halogens is 2. The molecule has 8 nitrogen and oxygen atoms in total. The Morgan fingerprint density at radius 1 is 1.22 bits per heavy atom. The second kappa shape index (κ2) is 6.93. The van der Waals surface area contributed by atoms with Gasteiger partial charge in [-0.2, -0.15) is 5.10 Å². The molecular weight excluding hydrogens is 380 g/mol. The average molecular weight is 395 g/mol. The zero-order valence-electron chi connectivity index (χ0n) is 14.2. The number of carbonyl (C=O) groups excluding carboxylic acids is 1. The van der Waals surface area contributed by atoms with Crippen molar-refractivity contribution >= 4 is 21.7 Å². The third-order valence-corrected chi connectivity index (χ3v) is 5.53. The number of sulfonamides is 1. The van der Waals surface area contributed by atoms with Gasteiger partial charge in [0.05, 0.1) is 5.69 Å². The van der Waals surface area contributed by atoms with Gasteiger partial charge in [0.25, 0.3) is 5.91 Å². The first-order chi connectivity index (χ1) is 12.7. The van der Waals surface area contributed by atoms with Gasteiger partial charge in [-0.1, -0.05) is 6.07 Å². The molecule has 0 saturated carbocycles. The van der Waals surface area contributed by atoms with Crippen LogP contribution in [-0.2, 0) is 10.0 Å². The summed E-state index contributed by atoms with van der Waals surface area (Å²) in [5.41, 5.74) is 0.129. The summed E-state index contributed by atoms with van der Waals surface area (Å²) in [6, 6.07) is 6.21. The third kappa shape index (κ3) is 3.59. The lowest BCUT2D eigenvalue weighted by molar-refractivity contribution is 0.102. The summed E-state index contributed by atoms with van der Waals surface area (Å²) in [7, 11) is -0.932. The lowest BCUT2D eigenvalue weighted by Gasteiger charge is -2.08. The Labute approximate surface area is 153 Å². The second-order valence-corrected chi connectivity index (χ2v) is 7.91. The molecule has 0 radical (unpaired) electrons. The SMILES string of the molecule is CN(C)S(=O)(=O)c1c[nH]c(C(=O)Nc2cc(-c3cccc(F)c3F)[nH]n2)c1. The van der Waals surface area contributed by atoms with Crippen molar-refractivity contribution in [3.05, 3.63) is 53.9 Å². The lowest BCUT2D eigenvalue weighted by atomic mass is 10.1. The van der Waals surface area contributed by atoms with Crippen LogP contribution in [0.2, 0.25) is 0 Å². The van der Waals surface area contributed by atoms with Gasteiger partial charge in [-0.15, -0.1) is 0 Å². The van der Waals surface area contributed by atoms with Crippen LogP contribution < -0.4 is 5.32 Å². The Hall–Kier alpha value is -3.05. The normalized spacial score (nSPS) is 11.7. The van der Waals surface area contributed by atoms with Crippen LogP contribution in [0.25, 0.3) is 11.3 Å². The topological polar surface area (TPSA) is 111 Å². The molecule has 3 rings (SSSR count). The fraction of sp³-hybridized carbons (Fsp3) is 0.125. The zero-order chi connectivity index (χ0) is 19.8. The summed E-state index contributed by atoms with van der Waals surface area (Å²) in [5.74, 6) is -2.63. The molecule has 2 heterocycles. The number of hydrogen-bond donors (Lipinski definition) is 3. The lowest BCUT2D eigenvalue weighted by Crippen LogP contribution is -2.21. The van der Waals surface area contributed by atoms with E-state index in [2.05, 4.69) is 20.5 Å². The molecule has 3 N–H and O–H groups in total. The van der Waals surface area contributed by atoms with Crippen LogP contribution in [0.5, 0.6) is 0 Å². The molecule has 0 aliphatic rings. The third-order valence-electron chi connectivity index (χ3n) is 3.74. The number of aromatic amines is 2. The maximum absolute atomic E-state index is 13.8. The number of nitrogens with zero attached hydrogens (tertiary/aromatic N) is 2. The Balaban J connectivity index is 1.79. The number of amides is 1. The number of aromatic nitrogens is 3. The highest BCUT2D eigenvalue weighted by molar-refractivity contribution is 7.89. The van der Waals surface area contributed by atoms with E-state index in [0.717, 1.165) is 10.4 Å². The molecule has 11 heteroatoms. The maximum Gasteiger partial charge on any atom is 0.273 e. The number of carbonyl (C=O) groups is 1. The smallest absolute Gasteiger partial charge is 0.273 e. The van der Waals surface area contributed by atoms with Crippen LogP contribution in [0.3, 0.4) is 0 Å². The summed E-state index contributed by atoms with van der Waals surface area (Å²) in [6.45, 7) is 0. The minimum Gasteiger partial charge on any atom is -0.356 e. The standard InChI is InChI=1S/C16H15F2N5O3S/c1-23(2)27(25,26)9-6-13(19-8-9)16(24)20-14-7-12(21-22-14)10-4-3-5-11(17)15(10)18/h3-8,19H,1-2H3,(H2,20,21,22,24). The molecule has 2 aromatic heterocycles. The van der Waals surface area contributed by atoms with Crippen molar-refractivity contribution in [2.24, 2.45) is 0 Å². The highest BCUT2D eigenvalue weighted by Gasteiger charge is 2.21. The summed E-state index contributed by atoms with van der Waals surface area (Å²) in [6.07, 6.45) is 1.20. The van der Waals surface area contributed by atoms with Crippen molar-refractivity contribution in [3.63, 3.8) is 0 Å². The van der Waals surface area contributed by atoms with Crippen molar-refractivity contribution in [2.45, 2.75) is 4.90 Å². The molecule has 0 saturated heterocycles. The maximum atomic E-state index is 13.8. The van der Waals surface area contributed by atoms with Gasteiger partial charge in [0.15, 0.2) is 17.5 Å². The van der Waals surface area contributed by atoms with E-state index in [4.69, 9.17) is 0 Å². The Bertz CT molecular complexity index is 1100. The van der Waals surface area contributed by atoms with Crippen LogP contribution in [-0.4, -0.2) is 47.9 Å². The van der Waals surface area contributed by atoms with E-state index >= 15 is 0 Å². The number of benzene rings is 1. The van der Waals surface area contributed by atoms with Crippen molar-refractivity contribution < 1.29 is 22.0 Å². The van der Waals surface area contributed by atoms with Crippen LogP contribution in [0, 0.1) is 11.6 Å². The van der Waals surface area contributed by atoms with Crippen molar-refractivity contribution in [3.8, 4) is 11.3 Å². The first-order valence-electron chi connectivity index (χ1n) is 7.62. The van der Waals surface area contributed by atoms with Crippen LogP contribution in [0.4, 0.5) is 14.6 Å². The van der Waals surface area contributed by atoms with Crippen LogP contribution in [0.15, 0.2) is 41.4 Å². The Kier molecular flexibility index (Phi) is 4.81. The van der Waals surface area contributed by atoms with Crippen LogP contribution >= 0.6 is 0 Å². The molecule has 0 aliphatic heterocycles. The molecule has 0 spiro atoms. The van der Waals surface area contributed by atoms with Gasteiger partial charge >= 0.3 is 0 Å². The molecule has 3 aromatic rings. The summed E-state index contributed by atoms with van der Waals surface area (Å²) >= 11 is 0. The molecule has 0 unspecified atom stereocenters. The van der Waals surface area contributed by atoms with E-state index in [1.54, 1.807) is 0 Å². The average Bonchev–Trinajstić information content (AvgIpc) is 3.27. The van der Waals surface area contributed by atoms with Gasteiger partial charge in [-0.3, -0.25) is 9.89 Å². The molecule has 142 valence electrons. The van der Waals surface area contributed by atoms with E-state index in [1.807, 2.05) is 0 Å². The van der Waals surface area contributed by atoms with Gasteiger partial charge < -0.3 is 10.3 Å². The quantitative estimate of drug-likeness (QED) is 0.615.